The number of rotatable bonds is 2. The zero-order valence-electron chi connectivity index (χ0n) is 10.9. The molecular formula is C13H14Cl2N2O2. The lowest BCUT2D eigenvalue weighted by atomic mass is 10.0. The van der Waals surface area contributed by atoms with Gasteiger partial charge >= 0.3 is 6.03 Å². The van der Waals surface area contributed by atoms with Crippen LogP contribution >= 0.6 is 23.2 Å². The largest absolute Gasteiger partial charge is 0.327 e. The lowest BCUT2D eigenvalue weighted by Crippen LogP contribution is -2.41. The third-order valence-corrected chi connectivity index (χ3v) is 4.19. The summed E-state index contributed by atoms with van der Waals surface area (Å²) in [6.45, 7) is 3.65. The van der Waals surface area contributed by atoms with Gasteiger partial charge in [-0.05, 0) is 31.5 Å². The summed E-state index contributed by atoms with van der Waals surface area (Å²) in [6.07, 6.45) is 0. The predicted octanol–water partition coefficient (Wildman–Crippen LogP) is 3.17. The molecule has 1 aromatic carbocycles. The van der Waals surface area contributed by atoms with Crippen molar-refractivity contribution in [3.05, 3.63) is 33.8 Å². The van der Waals surface area contributed by atoms with E-state index in [0.717, 1.165) is 5.56 Å². The molecule has 0 radical (unpaired) electrons. The van der Waals surface area contributed by atoms with E-state index >= 15 is 0 Å². The second-order valence-electron chi connectivity index (χ2n) is 5.04. The summed E-state index contributed by atoms with van der Waals surface area (Å²) in [5.74, 6) is -0.217. The molecule has 1 fully saturated rings. The normalized spacial score (nSPS) is 18.4. The first-order valence-corrected chi connectivity index (χ1v) is 6.54. The quantitative estimate of drug-likeness (QED) is 0.787. The van der Waals surface area contributed by atoms with E-state index in [1.807, 2.05) is 0 Å². The summed E-state index contributed by atoms with van der Waals surface area (Å²) in [4.78, 5) is 26.9. The zero-order chi connectivity index (χ0) is 14.4. The maximum atomic E-state index is 12.2. The Morgan fingerprint density at radius 1 is 1.16 bits per heavy atom. The van der Waals surface area contributed by atoms with Crippen LogP contribution in [0.2, 0.25) is 10.0 Å². The number of likely N-dealkylation sites (N-methyl/N-ethyl adjacent to an activating group) is 1. The van der Waals surface area contributed by atoms with Crippen molar-refractivity contribution < 1.29 is 9.59 Å². The molecule has 0 atom stereocenters. The number of carbonyl (C=O) groups is 2. The van der Waals surface area contributed by atoms with Crippen LogP contribution in [0.1, 0.15) is 19.4 Å². The Bertz CT molecular complexity index is 558. The fourth-order valence-corrected chi connectivity index (χ4v) is 2.26. The van der Waals surface area contributed by atoms with Gasteiger partial charge in [-0.25, -0.2) is 4.79 Å². The zero-order valence-corrected chi connectivity index (χ0v) is 12.4. The first-order chi connectivity index (χ1) is 8.75. The van der Waals surface area contributed by atoms with Gasteiger partial charge in [0.25, 0.3) is 5.91 Å². The van der Waals surface area contributed by atoms with E-state index < -0.39 is 5.54 Å². The van der Waals surface area contributed by atoms with E-state index in [-0.39, 0.29) is 18.5 Å². The average Bonchev–Trinajstić information content (AvgIpc) is 2.49. The van der Waals surface area contributed by atoms with Gasteiger partial charge in [0.2, 0.25) is 0 Å². The highest BCUT2D eigenvalue weighted by atomic mass is 35.5. The van der Waals surface area contributed by atoms with Gasteiger partial charge < -0.3 is 4.90 Å². The second-order valence-corrected chi connectivity index (χ2v) is 5.85. The number of halogens is 2. The fraction of sp³-hybridized carbons (Fsp3) is 0.385. The molecule has 1 aliphatic heterocycles. The molecule has 3 amide bonds. The van der Waals surface area contributed by atoms with Crippen LogP contribution in [0.25, 0.3) is 0 Å². The van der Waals surface area contributed by atoms with Crippen molar-refractivity contribution in [3.8, 4) is 0 Å². The number of urea groups is 1. The van der Waals surface area contributed by atoms with Crippen LogP contribution in [0, 0.1) is 0 Å². The van der Waals surface area contributed by atoms with E-state index in [4.69, 9.17) is 23.2 Å². The summed E-state index contributed by atoms with van der Waals surface area (Å²) in [5, 5.41) is 0.854. The molecule has 19 heavy (non-hydrogen) atoms. The molecular weight excluding hydrogens is 287 g/mol. The van der Waals surface area contributed by atoms with Crippen LogP contribution in [0.3, 0.4) is 0 Å². The minimum absolute atomic E-state index is 0.197. The number of benzene rings is 1. The monoisotopic (exact) mass is 300 g/mol. The van der Waals surface area contributed by atoms with Crippen molar-refractivity contribution in [1.29, 1.82) is 0 Å². The summed E-state index contributed by atoms with van der Waals surface area (Å²) in [6, 6.07) is 4.76. The number of carbonyl (C=O) groups excluding carboxylic acids is 2. The van der Waals surface area contributed by atoms with E-state index in [9.17, 15) is 9.59 Å². The van der Waals surface area contributed by atoms with Crippen LogP contribution in [0.15, 0.2) is 18.2 Å². The molecule has 0 bridgehead atoms. The molecule has 0 unspecified atom stereocenters. The smallest absolute Gasteiger partial charge is 0.313 e. The van der Waals surface area contributed by atoms with Gasteiger partial charge in [0.05, 0.1) is 16.6 Å². The molecule has 2 rings (SSSR count). The van der Waals surface area contributed by atoms with Crippen molar-refractivity contribution in [1.82, 2.24) is 9.80 Å². The molecule has 6 heteroatoms. The first kappa shape index (κ1) is 14.2. The van der Waals surface area contributed by atoms with Crippen molar-refractivity contribution in [3.63, 3.8) is 0 Å². The van der Waals surface area contributed by atoms with E-state index in [0.29, 0.717) is 10.0 Å². The molecule has 102 valence electrons. The first-order valence-electron chi connectivity index (χ1n) is 5.79. The summed E-state index contributed by atoms with van der Waals surface area (Å²) in [5.41, 5.74) is -0.0463. The Hall–Kier alpha value is -1.26. The van der Waals surface area contributed by atoms with Crippen LogP contribution < -0.4 is 0 Å². The Labute approximate surface area is 121 Å². The standard InChI is InChI=1S/C13H14Cl2N2O2/c1-13(2)11(18)17(12(19)16(13)3)7-8-4-5-9(14)10(15)6-8/h4-6H,7H2,1-3H3. The van der Waals surface area contributed by atoms with Crippen molar-refractivity contribution in [2.75, 3.05) is 7.05 Å². The number of hydrogen-bond acceptors (Lipinski definition) is 2. The number of nitrogens with zero attached hydrogens (tertiary/aromatic N) is 2. The second kappa shape index (κ2) is 4.69. The van der Waals surface area contributed by atoms with Gasteiger partial charge in [-0.15, -0.1) is 0 Å². The third kappa shape index (κ3) is 2.30. The third-order valence-electron chi connectivity index (χ3n) is 3.45. The molecule has 0 N–H and O–H groups in total. The summed E-state index contributed by atoms with van der Waals surface area (Å²) in [7, 11) is 1.62. The summed E-state index contributed by atoms with van der Waals surface area (Å²) >= 11 is 11.8. The van der Waals surface area contributed by atoms with Gasteiger partial charge in [0.1, 0.15) is 5.54 Å². The van der Waals surface area contributed by atoms with E-state index in [1.165, 1.54) is 9.80 Å². The minimum Gasteiger partial charge on any atom is -0.313 e. The van der Waals surface area contributed by atoms with Gasteiger partial charge in [-0.1, -0.05) is 29.3 Å². The van der Waals surface area contributed by atoms with Crippen LogP contribution in [-0.4, -0.2) is 34.3 Å². The van der Waals surface area contributed by atoms with E-state index in [2.05, 4.69) is 0 Å². The lowest BCUT2D eigenvalue weighted by molar-refractivity contribution is -0.132. The topological polar surface area (TPSA) is 40.6 Å². The number of imide groups is 1. The van der Waals surface area contributed by atoms with Gasteiger partial charge in [0, 0.05) is 7.05 Å². The highest BCUT2D eigenvalue weighted by Gasteiger charge is 2.49. The maximum absolute atomic E-state index is 12.2. The maximum Gasteiger partial charge on any atom is 0.327 e. The molecule has 0 spiro atoms. The Morgan fingerprint density at radius 3 is 2.26 bits per heavy atom. The Kier molecular flexibility index (Phi) is 3.49. The number of amides is 3. The summed E-state index contributed by atoms with van der Waals surface area (Å²) < 4.78 is 0. The van der Waals surface area contributed by atoms with Gasteiger partial charge in [-0.3, -0.25) is 9.69 Å². The van der Waals surface area contributed by atoms with Crippen LogP contribution in [-0.2, 0) is 11.3 Å². The predicted molar refractivity (Wildman–Crippen MR) is 74.3 cm³/mol. The van der Waals surface area contributed by atoms with Gasteiger partial charge in [0.15, 0.2) is 0 Å². The van der Waals surface area contributed by atoms with Crippen LogP contribution in [0.4, 0.5) is 4.79 Å². The molecule has 1 aromatic rings. The molecule has 1 heterocycles. The van der Waals surface area contributed by atoms with Crippen molar-refractivity contribution in [2.24, 2.45) is 0 Å². The highest BCUT2D eigenvalue weighted by molar-refractivity contribution is 6.42. The minimum atomic E-state index is -0.812. The van der Waals surface area contributed by atoms with Gasteiger partial charge in [-0.2, -0.15) is 0 Å². The van der Waals surface area contributed by atoms with Crippen molar-refractivity contribution in [2.45, 2.75) is 25.9 Å². The number of hydrogen-bond donors (Lipinski definition) is 0. The molecule has 4 nitrogen and oxygen atoms in total. The Morgan fingerprint density at radius 2 is 1.79 bits per heavy atom. The van der Waals surface area contributed by atoms with Crippen LogP contribution in [0.5, 0.6) is 0 Å². The van der Waals surface area contributed by atoms with E-state index in [1.54, 1.807) is 39.1 Å². The Balaban J connectivity index is 2.26. The fourth-order valence-electron chi connectivity index (χ4n) is 1.94. The molecule has 1 saturated heterocycles. The highest BCUT2D eigenvalue weighted by Crippen LogP contribution is 2.29. The average molecular weight is 301 g/mol. The SMILES string of the molecule is CN1C(=O)N(Cc2ccc(Cl)c(Cl)c2)C(=O)C1(C)C. The molecule has 1 aliphatic rings. The molecule has 0 saturated carbocycles. The molecule has 0 aliphatic carbocycles. The van der Waals surface area contributed by atoms with Crippen molar-refractivity contribution >= 4 is 35.1 Å². The lowest BCUT2D eigenvalue weighted by Gasteiger charge is -2.22. The molecule has 0 aromatic heterocycles.